The number of likely N-dealkylation sites (N-methyl/N-ethyl adjacent to an activating group) is 1. The van der Waals surface area contributed by atoms with E-state index < -0.39 is 0 Å². The molecule has 2 rings (SSSR count). The van der Waals surface area contributed by atoms with E-state index in [0.717, 1.165) is 38.8 Å². The van der Waals surface area contributed by atoms with Crippen molar-refractivity contribution in [3.63, 3.8) is 0 Å². The van der Waals surface area contributed by atoms with Gasteiger partial charge in [-0.3, -0.25) is 0 Å². The first-order chi connectivity index (χ1) is 8.24. The highest BCUT2D eigenvalue weighted by molar-refractivity contribution is 4.87. The smallest absolute Gasteiger partial charge is 0.0593 e. The molecule has 0 aromatic heterocycles. The summed E-state index contributed by atoms with van der Waals surface area (Å²) in [6.07, 6.45) is 8.12. The maximum atomic E-state index is 5.96. The fourth-order valence-corrected chi connectivity index (χ4v) is 2.96. The lowest BCUT2D eigenvalue weighted by Crippen LogP contribution is -2.40. The van der Waals surface area contributed by atoms with E-state index in [1.807, 2.05) is 0 Å². The molecule has 0 heterocycles. The normalized spacial score (nSPS) is 23.5. The third kappa shape index (κ3) is 4.23. The third-order valence-electron chi connectivity index (χ3n) is 4.37. The Morgan fingerprint density at radius 3 is 2.59 bits per heavy atom. The van der Waals surface area contributed by atoms with Gasteiger partial charge in [0.05, 0.1) is 6.61 Å². The second-order valence-corrected chi connectivity index (χ2v) is 6.17. The van der Waals surface area contributed by atoms with Crippen LogP contribution in [0.15, 0.2) is 0 Å². The van der Waals surface area contributed by atoms with E-state index in [-0.39, 0.29) is 0 Å². The third-order valence-corrected chi connectivity index (χ3v) is 4.37. The van der Waals surface area contributed by atoms with E-state index in [1.54, 1.807) is 0 Å². The Morgan fingerprint density at radius 1 is 1.29 bits per heavy atom. The van der Waals surface area contributed by atoms with Crippen LogP contribution in [-0.4, -0.2) is 44.8 Å². The number of hydrogen-bond acceptors (Lipinski definition) is 3. The van der Waals surface area contributed by atoms with E-state index in [1.165, 1.54) is 38.5 Å². The molecule has 0 atom stereocenters. The van der Waals surface area contributed by atoms with Crippen LogP contribution in [-0.2, 0) is 4.74 Å². The molecule has 0 radical (unpaired) electrons. The van der Waals surface area contributed by atoms with Crippen molar-refractivity contribution in [3.05, 3.63) is 0 Å². The van der Waals surface area contributed by atoms with Gasteiger partial charge >= 0.3 is 0 Å². The summed E-state index contributed by atoms with van der Waals surface area (Å²) in [5.41, 5.74) is 6.37. The number of rotatable bonds is 8. The minimum atomic E-state index is 0.408. The summed E-state index contributed by atoms with van der Waals surface area (Å²) < 4.78 is 5.69. The Balaban J connectivity index is 1.59. The first kappa shape index (κ1) is 13.3. The SMILES string of the molecule is CN(CCOCC1CC1)CC1(CN)CCCC1. The topological polar surface area (TPSA) is 38.5 Å². The van der Waals surface area contributed by atoms with Crippen molar-refractivity contribution in [1.82, 2.24) is 4.90 Å². The van der Waals surface area contributed by atoms with Gasteiger partial charge in [-0.1, -0.05) is 12.8 Å². The number of nitrogens with two attached hydrogens (primary N) is 1. The van der Waals surface area contributed by atoms with Crippen molar-refractivity contribution >= 4 is 0 Å². The van der Waals surface area contributed by atoms with Crippen molar-refractivity contribution in [2.45, 2.75) is 38.5 Å². The molecule has 17 heavy (non-hydrogen) atoms. The maximum Gasteiger partial charge on any atom is 0.0593 e. The molecule has 2 saturated carbocycles. The van der Waals surface area contributed by atoms with Gasteiger partial charge in [0.2, 0.25) is 0 Å². The van der Waals surface area contributed by atoms with E-state index in [0.29, 0.717) is 5.41 Å². The van der Waals surface area contributed by atoms with Crippen LogP contribution in [0.1, 0.15) is 38.5 Å². The highest BCUT2D eigenvalue weighted by Gasteiger charge is 2.33. The molecule has 2 aliphatic rings. The molecule has 2 N–H and O–H groups in total. The Hall–Kier alpha value is -0.120. The molecule has 0 aromatic rings. The molecule has 0 saturated heterocycles. The summed E-state index contributed by atoms with van der Waals surface area (Å²) >= 11 is 0. The minimum absolute atomic E-state index is 0.408. The van der Waals surface area contributed by atoms with Gasteiger partial charge in [0, 0.05) is 19.7 Å². The van der Waals surface area contributed by atoms with Crippen molar-refractivity contribution in [1.29, 1.82) is 0 Å². The van der Waals surface area contributed by atoms with Gasteiger partial charge in [-0.25, -0.2) is 0 Å². The fraction of sp³-hybridized carbons (Fsp3) is 1.00. The summed E-state index contributed by atoms with van der Waals surface area (Å²) in [5, 5.41) is 0. The molecule has 0 bridgehead atoms. The number of nitrogens with zero attached hydrogens (tertiary/aromatic N) is 1. The summed E-state index contributed by atoms with van der Waals surface area (Å²) in [6, 6.07) is 0. The van der Waals surface area contributed by atoms with Crippen molar-refractivity contribution < 1.29 is 4.74 Å². The van der Waals surface area contributed by atoms with Gasteiger partial charge in [-0.05, 0) is 50.6 Å². The Morgan fingerprint density at radius 2 is 2.00 bits per heavy atom. The zero-order valence-corrected chi connectivity index (χ0v) is 11.3. The average Bonchev–Trinajstić information content (AvgIpc) is 3.04. The van der Waals surface area contributed by atoms with E-state index in [2.05, 4.69) is 11.9 Å². The number of ether oxygens (including phenoxy) is 1. The molecule has 0 aromatic carbocycles. The van der Waals surface area contributed by atoms with Crippen LogP contribution in [0.2, 0.25) is 0 Å². The standard InChI is InChI=1S/C14H28N2O/c1-16(8-9-17-10-13-4-5-13)12-14(11-15)6-2-3-7-14/h13H,2-12,15H2,1H3. The molecule has 2 aliphatic carbocycles. The molecule has 3 heteroatoms. The summed E-state index contributed by atoms with van der Waals surface area (Å²) in [6.45, 7) is 4.91. The lowest BCUT2D eigenvalue weighted by Gasteiger charge is -2.32. The molecule has 3 nitrogen and oxygen atoms in total. The molecule has 0 unspecified atom stereocenters. The first-order valence-corrected chi connectivity index (χ1v) is 7.20. The van der Waals surface area contributed by atoms with Gasteiger partial charge in [-0.2, -0.15) is 0 Å². The van der Waals surface area contributed by atoms with E-state index in [9.17, 15) is 0 Å². The van der Waals surface area contributed by atoms with Crippen LogP contribution in [0.25, 0.3) is 0 Å². The molecule has 0 amide bonds. The largest absolute Gasteiger partial charge is 0.380 e. The molecule has 2 fully saturated rings. The van der Waals surface area contributed by atoms with Crippen molar-refractivity contribution in [3.8, 4) is 0 Å². The van der Waals surface area contributed by atoms with Crippen molar-refractivity contribution in [2.24, 2.45) is 17.1 Å². The van der Waals surface area contributed by atoms with E-state index in [4.69, 9.17) is 10.5 Å². The highest BCUT2D eigenvalue weighted by atomic mass is 16.5. The molecule has 0 spiro atoms. The van der Waals surface area contributed by atoms with Crippen LogP contribution in [0.4, 0.5) is 0 Å². The number of hydrogen-bond donors (Lipinski definition) is 1. The van der Waals surface area contributed by atoms with Crippen LogP contribution in [0.3, 0.4) is 0 Å². The van der Waals surface area contributed by atoms with Gasteiger partial charge in [0.25, 0.3) is 0 Å². The summed E-state index contributed by atoms with van der Waals surface area (Å²) in [5.74, 6) is 0.880. The second-order valence-electron chi connectivity index (χ2n) is 6.17. The summed E-state index contributed by atoms with van der Waals surface area (Å²) in [7, 11) is 2.20. The lowest BCUT2D eigenvalue weighted by molar-refractivity contribution is 0.0885. The average molecular weight is 240 g/mol. The van der Waals surface area contributed by atoms with Gasteiger partial charge in [0.15, 0.2) is 0 Å². The van der Waals surface area contributed by atoms with Gasteiger partial charge in [-0.15, -0.1) is 0 Å². The molecule has 100 valence electrons. The Kier molecular flexibility index (Phi) is 4.83. The Bertz CT molecular complexity index is 222. The predicted molar refractivity (Wildman–Crippen MR) is 71.0 cm³/mol. The molecular formula is C14H28N2O. The molecular weight excluding hydrogens is 212 g/mol. The van der Waals surface area contributed by atoms with Gasteiger partial charge in [0.1, 0.15) is 0 Å². The Labute approximate surface area is 106 Å². The zero-order valence-electron chi connectivity index (χ0n) is 11.3. The van der Waals surface area contributed by atoms with Crippen LogP contribution in [0, 0.1) is 11.3 Å². The minimum Gasteiger partial charge on any atom is -0.380 e. The highest BCUT2D eigenvalue weighted by Crippen LogP contribution is 2.37. The fourth-order valence-electron chi connectivity index (χ4n) is 2.96. The van der Waals surface area contributed by atoms with Crippen LogP contribution in [0.5, 0.6) is 0 Å². The summed E-state index contributed by atoms with van der Waals surface area (Å²) in [4.78, 5) is 2.41. The second kappa shape index (κ2) is 6.17. The van der Waals surface area contributed by atoms with Crippen LogP contribution >= 0.6 is 0 Å². The van der Waals surface area contributed by atoms with E-state index >= 15 is 0 Å². The monoisotopic (exact) mass is 240 g/mol. The molecule has 0 aliphatic heterocycles. The van der Waals surface area contributed by atoms with Crippen molar-refractivity contribution in [2.75, 3.05) is 39.9 Å². The van der Waals surface area contributed by atoms with Gasteiger partial charge < -0.3 is 15.4 Å². The lowest BCUT2D eigenvalue weighted by atomic mass is 9.86. The van der Waals surface area contributed by atoms with Crippen LogP contribution < -0.4 is 5.73 Å². The zero-order chi connectivity index (χ0) is 12.1. The quantitative estimate of drug-likeness (QED) is 0.658. The predicted octanol–water partition coefficient (Wildman–Crippen LogP) is 1.86. The first-order valence-electron chi connectivity index (χ1n) is 7.20. The maximum absolute atomic E-state index is 5.96.